The van der Waals surface area contributed by atoms with Crippen LogP contribution in [0.15, 0.2) is 34.9 Å². The Labute approximate surface area is 95.5 Å². The van der Waals surface area contributed by atoms with Crippen molar-refractivity contribution in [3.63, 3.8) is 0 Å². The lowest BCUT2D eigenvalue weighted by Gasteiger charge is -2.00. The normalized spacial score (nSPS) is 10.5. The third-order valence-electron chi connectivity index (χ3n) is 2.06. The first-order chi connectivity index (χ1) is 7.20. The molecule has 1 heterocycles. The molecule has 0 aliphatic carbocycles. The number of nitrogens with zero attached hydrogens (tertiary/aromatic N) is 2. The highest BCUT2D eigenvalue weighted by Crippen LogP contribution is 2.16. The van der Waals surface area contributed by atoms with Crippen LogP contribution in [-0.2, 0) is 6.61 Å². The van der Waals surface area contributed by atoms with Gasteiger partial charge in [-0.15, -0.1) is 0 Å². The number of halogens is 1. The van der Waals surface area contributed by atoms with Crippen LogP contribution in [-0.4, -0.2) is 14.9 Å². The highest BCUT2D eigenvalue weighted by atomic mass is 79.9. The van der Waals surface area contributed by atoms with Gasteiger partial charge in [0.15, 0.2) is 0 Å². The van der Waals surface area contributed by atoms with E-state index in [9.17, 15) is 0 Å². The van der Waals surface area contributed by atoms with Crippen LogP contribution >= 0.6 is 15.9 Å². The van der Waals surface area contributed by atoms with Crippen LogP contribution in [0.5, 0.6) is 0 Å². The van der Waals surface area contributed by atoms with Gasteiger partial charge < -0.3 is 10.8 Å². The minimum Gasteiger partial charge on any atom is -0.396 e. The van der Waals surface area contributed by atoms with Gasteiger partial charge in [0.1, 0.15) is 5.69 Å². The van der Waals surface area contributed by atoms with Crippen LogP contribution < -0.4 is 5.73 Å². The Hall–Kier alpha value is -1.33. The van der Waals surface area contributed by atoms with Gasteiger partial charge in [-0.1, -0.05) is 15.9 Å². The molecule has 0 atom stereocenters. The smallest absolute Gasteiger partial charge is 0.111 e. The molecule has 2 rings (SSSR count). The Kier molecular flexibility index (Phi) is 2.75. The van der Waals surface area contributed by atoms with Crippen LogP contribution in [0.1, 0.15) is 5.69 Å². The molecule has 4 nitrogen and oxygen atoms in total. The average molecular weight is 268 g/mol. The second-order valence-electron chi connectivity index (χ2n) is 3.11. The molecule has 0 aliphatic rings. The molecule has 0 spiro atoms. The number of nitrogens with two attached hydrogens (primary N) is 1. The van der Waals surface area contributed by atoms with Gasteiger partial charge in [-0.2, -0.15) is 5.10 Å². The summed E-state index contributed by atoms with van der Waals surface area (Å²) in [6.07, 6.45) is 1.69. The quantitative estimate of drug-likeness (QED) is 0.871. The third-order valence-corrected chi connectivity index (χ3v) is 2.59. The highest BCUT2D eigenvalue weighted by molar-refractivity contribution is 9.10. The predicted octanol–water partition coefficient (Wildman–Crippen LogP) is 1.71. The molecule has 2 aromatic rings. The summed E-state index contributed by atoms with van der Waals surface area (Å²) < 4.78 is 2.65. The maximum atomic E-state index is 8.96. The van der Waals surface area contributed by atoms with Crippen molar-refractivity contribution < 1.29 is 5.11 Å². The summed E-state index contributed by atoms with van der Waals surface area (Å²) in [5.41, 5.74) is 7.57. The molecular formula is C10H10BrN3O. The molecule has 0 aliphatic heterocycles. The van der Waals surface area contributed by atoms with Gasteiger partial charge in [0.25, 0.3) is 0 Å². The van der Waals surface area contributed by atoms with E-state index in [1.165, 1.54) is 0 Å². The number of rotatable bonds is 2. The Balaban J connectivity index is 2.41. The lowest BCUT2D eigenvalue weighted by Crippen LogP contribution is -1.95. The van der Waals surface area contributed by atoms with Crippen LogP contribution in [0, 0.1) is 0 Å². The number of hydrogen-bond acceptors (Lipinski definition) is 3. The van der Waals surface area contributed by atoms with E-state index in [-0.39, 0.29) is 6.61 Å². The van der Waals surface area contributed by atoms with E-state index in [2.05, 4.69) is 21.0 Å². The van der Waals surface area contributed by atoms with Crippen molar-refractivity contribution in [1.29, 1.82) is 0 Å². The van der Waals surface area contributed by atoms with Crippen LogP contribution in [0.3, 0.4) is 0 Å². The van der Waals surface area contributed by atoms with E-state index >= 15 is 0 Å². The lowest BCUT2D eigenvalue weighted by molar-refractivity contribution is 0.277. The SMILES string of the molecule is Nc1cn(-c2ccc(Br)cc2)nc1CO. The van der Waals surface area contributed by atoms with Gasteiger partial charge >= 0.3 is 0 Å². The second-order valence-corrected chi connectivity index (χ2v) is 4.03. The Bertz CT molecular complexity index is 464. The molecule has 0 fully saturated rings. The van der Waals surface area contributed by atoms with Crippen LogP contribution in [0.2, 0.25) is 0 Å². The number of aliphatic hydroxyl groups excluding tert-OH is 1. The lowest BCUT2D eigenvalue weighted by atomic mass is 10.3. The number of anilines is 1. The molecule has 0 saturated carbocycles. The van der Waals surface area contributed by atoms with Crippen molar-refractivity contribution in [2.24, 2.45) is 0 Å². The average Bonchev–Trinajstić information content (AvgIpc) is 2.61. The van der Waals surface area contributed by atoms with Crippen molar-refractivity contribution in [1.82, 2.24) is 9.78 Å². The topological polar surface area (TPSA) is 64.1 Å². The fraction of sp³-hybridized carbons (Fsp3) is 0.100. The first kappa shape index (κ1) is 10.2. The molecule has 0 amide bonds. The summed E-state index contributed by atoms with van der Waals surface area (Å²) in [6, 6.07) is 7.67. The summed E-state index contributed by atoms with van der Waals surface area (Å²) in [6.45, 7) is -0.143. The number of hydrogen-bond donors (Lipinski definition) is 2. The van der Waals surface area contributed by atoms with E-state index in [1.54, 1.807) is 10.9 Å². The van der Waals surface area contributed by atoms with Gasteiger partial charge in [0, 0.05) is 4.47 Å². The van der Waals surface area contributed by atoms with E-state index in [1.807, 2.05) is 24.3 Å². The summed E-state index contributed by atoms with van der Waals surface area (Å²) in [7, 11) is 0. The zero-order valence-electron chi connectivity index (χ0n) is 7.89. The van der Waals surface area contributed by atoms with Gasteiger partial charge in [-0.25, -0.2) is 4.68 Å². The van der Waals surface area contributed by atoms with Crippen molar-refractivity contribution in [3.8, 4) is 5.69 Å². The largest absolute Gasteiger partial charge is 0.396 e. The summed E-state index contributed by atoms with van der Waals surface area (Å²) in [4.78, 5) is 0. The molecule has 0 saturated heterocycles. The monoisotopic (exact) mass is 267 g/mol. The first-order valence-electron chi connectivity index (χ1n) is 4.41. The summed E-state index contributed by atoms with van der Waals surface area (Å²) in [5, 5.41) is 13.1. The van der Waals surface area contributed by atoms with Gasteiger partial charge in [-0.05, 0) is 24.3 Å². The first-order valence-corrected chi connectivity index (χ1v) is 5.21. The number of nitrogen functional groups attached to an aromatic ring is 1. The van der Waals surface area contributed by atoms with Gasteiger partial charge in [-0.3, -0.25) is 0 Å². The number of aromatic nitrogens is 2. The Morgan fingerprint density at radius 2 is 2.00 bits per heavy atom. The molecule has 0 radical (unpaired) electrons. The maximum absolute atomic E-state index is 8.96. The minimum atomic E-state index is -0.143. The maximum Gasteiger partial charge on any atom is 0.111 e. The van der Waals surface area contributed by atoms with Crippen molar-refractivity contribution in [2.45, 2.75) is 6.61 Å². The van der Waals surface area contributed by atoms with Crippen molar-refractivity contribution in [2.75, 3.05) is 5.73 Å². The van der Waals surface area contributed by atoms with Gasteiger partial charge in [0.2, 0.25) is 0 Å². The third kappa shape index (κ3) is 2.03. The second kappa shape index (κ2) is 4.04. The van der Waals surface area contributed by atoms with E-state index in [0.717, 1.165) is 10.2 Å². The van der Waals surface area contributed by atoms with Crippen LogP contribution in [0.4, 0.5) is 5.69 Å². The fourth-order valence-electron chi connectivity index (χ4n) is 1.27. The molecule has 1 aromatic heterocycles. The van der Waals surface area contributed by atoms with E-state index in [0.29, 0.717) is 11.4 Å². The van der Waals surface area contributed by atoms with Gasteiger partial charge in [0.05, 0.1) is 24.2 Å². The summed E-state index contributed by atoms with van der Waals surface area (Å²) in [5.74, 6) is 0. The summed E-state index contributed by atoms with van der Waals surface area (Å²) >= 11 is 3.36. The van der Waals surface area contributed by atoms with Crippen molar-refractivity contribution in [3.05, 3.63) is 40.6 Å². The Morgan fingerprint density at radius 1 is 1.33 bits per heavy atom. The number of benzene rings is 1. The van der Waals surface area contributed by atoms with Crippen molar-refractivity contribution >= 4 is 21.6 Å². The number of aliphatic hydroxyl groups is 1. The molecular weight excluding hydrogens is 258 g/mol. The predicted molar refractivity (Wildman–Crippen MR) is 61.6 cm³/mol. The molecule has 5 heteroatoms. The molecule has 15 heavy (non-hydrogen) atoms. The zero-order chi connectivity index (χ0) is 10.8. The fourth-order valence-corrected chi connectivity index (χ4v) is 1.54. The molecule has 3 N–H and O–H groups in total. The van der Waals surface area contributed by atoms with E-state index < -0.39 is 0 Å². The van der Waals surface area contributed by atoms with E-state index in [4.69, 9.17) is 10.8 Å². The standard InChI is InChI=1S/C10H10BrN3O/c11-7-1-3-8(4-2-7)14-5-9(12)10(6-15)13-14/h1-5,15H,6,12H2. The molecule has 1 aromatic carbocycles. The molecule has 78 valence electrons. The molecule has 0 bridgehead atoms. The van der Waals surface area contributed by atoms with Crippen LogP contribution in [0.25, 0.3) is 5.69 Å². The zero-order valence-corrected chi connectivity index (χ0v) is 9.48. The highest BCUT2D eigenvalue weighted by Gasteiger charge is 2.05. The molecule has 0 unspecified atom stereocenters. The Morgan fingerprint density at radius 3 is 2.53 bits per heavy atom. The minimum absolute atomic E-state index is 0.143.